The highest BCUT2D eigenvalue weighted by atomic mass is 16.3. The number of furan rings is 1. The second kappa shape index (κ2) is 12.3. The molecule has 0 amide bonds. The van der Waals surface area contributed by atoms with Crippen LogP contribution in [0.25, 0.3) is 94.8 Å². The minimum Gasteiger partial charge on any atom is -0.456 e. The van der Waals surface area contributed by atoms with Gasteiger partial charge >= 0.3 is 0 Å². The van der Waals surface area contributed by atoms with Gasteiger partial charge in [0.1, 0.15) is 11.3 Å². The Morgan fingerprint density at radius 1 is 0.442 bits per heavy atom. The Morgan fingerprint density at radius 3 is 1.85 bits per heavy atom. The van der Waals surface area contributed by atoms with Crippen molar-refractivity contribution in [1.29, 1.82) is 0 Å². The molecule has 0 aliphatic carbocycles. The van der Waals surface area contributed by atoms with Crippen molar-refractivity contribution in [2.75, 3.05) is 0 Å². The van der Waals surface area contributed by atoms with Crippen LogP contribution in [-0.4, -0.2) is 19.5 Å². The summed E-state index contributed by atoms with van der Waals surface area (Å²) in [6.45, 7) is 0. The first-order valence-corrected chi connectivity index (χ1v) is 17.3. The Bertz CT molecular complexity index is 2840. The molecule has 0 N–H and O–H groups in total. The molecule has 0 saturated heterocycles. The highest BCUT2D eigenvalue weighted by Gasteiger charge is 2.16. The Balaban J connectivity index is 1.11. The predicted octanol–water partition coefficient (Wildman–Crippen LogP) is 12.0. The van der Waals surface area contributed by atoms with Gasteiger partial charge in [0.25, 0.3) is 0 Å². The minimum atomic E-state index is 0.670. The number of hydrogen-bond acceptors (Lipinski definition) is 4. The summed E-state index contributed by atoms with van der Waals surface area (Å²) in [5.41, 5.74) is 12.2. The predicted molar refractivity (Wildman–Crippen MR) is 211 cm³/mol. The van der Waals surface area contributed by atoms with Crippen molar-refractivity contribution in [3.05, 3.63) is 182 Å². The highest BCUT2D eigenvalue weighted by molar-refractivity contribution is 6.10. The smallest absolute Gasteiger partial charge is 0.160 e. The van der Waals surface area contributed by atoms with Gasteiger partial charge in [0.15, 0.2) is 5.82 Å². The van der Waals surface area contributed by atoms with E-state index in [9.17, 15) is 0 Å². The Labute approximate surface area is 300 Å². The molecule has 0 spiro atoms. The number of benzene rings is 6. The van der Waals surface area contributed by atoms with E-state index in [1.807, 2.05) is 30.5 Å². The molecule has 0 saturated carbocycles. The van der Waals surface area contributed by atoms with Crippen LogP contribution in [0.4, 0.5) is 0 Å². The minimum absolute atomic E-state index is 0.670. The van der Waals surface area contributed by atoms with E-state index in [1.54, 1.807) is 6.20 Å². The van der Waals surface area contributed by atoms with Crippen molar-refractivity contribution in [1.82, 2.24) is 19.5 Å². The summed E-state index contributed by atoms with van der Waals surface area (Å²) < 4.78 is 8.48. The van der Waals surface area contributed by atoms with E-state index in [4.69, 9.17) is 14.4 Å². The van der Waals surface area contributed by atoms with Crippen LogP contribution >= 0.6 is 0 Å². The van der Waals surface area contributed by atoms with Crippen molar-refractivity contribution in [3.63, 3.8) is 0 Å². The van der Waals surface area contributed by atoms with Gasteiger partial charge in [-0.3, -0.25) is 4.98 Å². The van der Waals surface area contributed by atoms with E-state index in [1.165, 1.54) is 5.39 Å². The fraction of sp³-hybridized carbons (Fsp3) is 0. The summed E-state index contributed by atoms with van der Waals surface area (Å²) in [6.07, 6.45) is 3.68. The molecule has 5 nitrogen and oxygen atoms in total. The Hall–Kier alpha value is -7.11. The van der Waals surface area contributed by atoms with Crippen LogP contribution in [0, 0.1) is 0 Å². The number of para-hydroxylation sites is 3. The average Bonchev–Trinajstić information content (AvgIpc) is 3.81. The summed E-state index contributed by atoms with van der Waals surface area (Å²) in [4.78, 5) is 14.7. The van der Waals surface area contributed by atoms with Crippen LogP contribution in [0.1, 0.15) is 0 Å². The number of hydrogen-bond donors (Lipinski definition) is 0. The number of pyridine rings is 1. The van der Waals surface area contributed by atoms with Crippen LogP contribution in [0.2, 0.25) is 0 Å². The molecule has 4 heterocycles. The molecule has 0 atom stereocenters. The van der Waals surface area contributed by atoms with Crippen LogP contribution in [0.15, 0.2) is 187 Å². The zero-order valence-electron chi connectivity index (χ0n) is 28.0. The van der Waals surface area contributed by atoms with Crippen LogP contribution in [0.3, 0.4) is 0 Å². The lowest BCUT2D eigenvalue weighted by atomic mass is 10.0. The monoisotopic (exact) mass is 666 g/mol. The topological polar surface area (TPSA) is 56.7 Å². The van der Waals surface area contributed by atoms with Crippen molar-refractivity contribution in [2.45, 2.75) is 0 Å². The third kappa shape index (κ3) is 5.24. The molecule has 0 radical (unpaired) electrons. The van der Waals surface area contributed by atoms with Gasteiger partial charge in [-0.2, -0.15) is 0 Å². The van der Waals surface area contributed by atoms with Crippen LogP contribution in [0.5, 0.6) is 0 Å². The molecule has 0 bridgehead atoms. The van der Waals surface area contributed by atoms with Crippen molar-refractivity contribution < 1.29 is 4.42 Å². The Kier molecular flexibility index (Phi) is 7.07. The zero-order valence-corrected chi connectivity index (χ0v) is 28.0. The maximum absolute atomic E-state index is 6.16. The van der Waals surface area contributed by atoms with Crippen molar-refractivity contribution in [2.24, 2.45) is 0 Å². The van der Waals surface area contributed by atoms with E-state index in [-0.39, 0.29) is 0 Å². The van der Waals surface area contributed by atoms with E-state index < -0.39 is 0 Å². The maximum Gasteiger partial charge on any atom is 0.160 e. The van der Waals surface area contributed by atoms with Crippen molar-refractivity contribution in [3.8, 4) is 62.0 Å². The van der Waals surface area contributed by atoms with Crippen LogP contribution in [-0.2, 0) is 0 Å². The molecule has 244 valence electrons. The summed E-state index contributed by atoms with van der Waals surface area (Å²) >= 11 is 0. The normalized spacial score (nSPS) is 11.5. The molecule has 52 heavy (non-hydrogen) atoms. The second-order valence-electron chi connectivity index (χ2n) is 12.9. The fourth-order valence-corrected chi connectivity index (χ4v) is 7.14. The quantitative estimate of drug-likeness (QED) is 0.177. The molecular formula is C47H30N4O. The van der Waals surface area contributed by atoms with Crippen molar-refractivity contribution >= 4 is 32.8 Å². The molecule has 10 rings (SSSR count). The lowest BCUT2D eigenvalue weighted by molar-refractivity contribution is 0.631. The van der Waals surface area contributed by atoms with E-state index in [2.05, 4.69) is 155 Å². The number of fused-ring (bicyclic) bond motifs is 4. The summed E-state index contributed by atoms with van der Waals surface area (Å²) in [6, 6.07) is 58.9. The highest BCUT2D eigenvalue weighted by Crippen LogP contribution is 2.36. The zero-order chi connectivity index (χ0) is 34.4. The van der Waals surface area contributed by atoms with E-state index in [0.29, 0.717) is 5.82 Å². The summed E-state index contributed by atoms with van der Waals surface area (Å²) in [5.74, 6) is 1.51. The molecular weight excluding hydrogens is 637 g/mol. The molecule has 6 aromatic carbocycles. The molecule has 4 aromatic heterocycles. The summed E-state index contributed by atoms with van der Waals surface area (Å²) in [5, 5.41) is 3.43. The number of aromatic nitrogens is 4. The van der Waals surface area contributed by atoms with Gasteiger partial charge in [-0.15, -0.1) is 0 Å². The molecule has 0 aliphatic rings. The molecule has 5 heteroatoms. The van der Waals surface area contributed by atoms with Gasteiger partial charge in [-0.25, -0.2) is 9.97 Å². The SMILES string of the molecule is c1ccc(-n2c3ccccc3c3cc(-c4nc(-c5ccc(-c6cccnc6)cc5)cc(-c5ccc(-c6cc7ccccc7o6)cc5)n4)ccc32)cc1. The number of nitrogens with zero attached hydrogens (tertiary/aromatic N) is 4. The van der Waals surface area contributed by atoms with Gasteiger partial charge in [0, 0.05) is 56.5 Å². The molecule has 0 aliphatic heterocycles. The van der Waals surface area contributed by atoms with Gasteiger partial charge in [-0.05, 0) is 71.8 Å². The lowest BCUT2D eigenvalue weighted by Crippen LogP contribution is -1.96. The lowest BCUT2D eigenvalue weighted by Gasteiger charge is -2.11. The van der Waals surface area contributed by atoms with Gasteiger partial charge in [0.05, 0.1) is 22.4 Å². The van der Waals surface area contributed by atoms with Gasteiger partial charge < -0.3 is 8.98 Å². The third-order valence-electron chi connectivity index (χ3n) is 9.74. The first-order chi connectivity index (χ1) is 25.7. The molecule has 10 aromatic rings. The molecule has 0 unspecified atom stereocenters. The van der Waals surface area contributed by atoms with E-state index in [0.717, 1.165) is 83.6 Å². The standard InChI is InChI=1S/C47H30N4O/c1-2-11-38(12-3-1)51-43-14-6-5-13-39(43)40-27-36(24-25-44(40)51)47-49-41(32-18-16-31(17-19-32)37-10-8-26-48-30-37)29-42(50-47)33-20-22-34(23-21-33)46-28-35-9-4-7-15-45(35)52-46/h1-30H. The van der Waals surface area contributed by atoms with Gasteiger partial charge in [0.2, 0.25) is 0 Å². The maximum atomic E-state index is 6.16. The van der Waals surface area contributed by atoms with Crippen LogP contribution < -0.4 is 0 Å². The third-order valence-corrected chi connectivity index (χ3v) is 9.74. The first-order valence-electron chi connectivity index (χ1n) is 17.3. The largest absolute Gasteiger partial charge is 0.456 e. The Morgan fingerprint density at radius 2 is 1.10 bits per heavy atom. The fourth-order valence-electron chi connectivity index (χ4n) is 7.14. The molecule has 0 fully saturated rings. The second-order valence-corrected chi connectivity index (χ2v) is 12.9. The first kappa shape index (κ1) is 29.8. The number of rotatable bonds is 6. The average molecular weight is 667 g/mol. The van der Waals surface area contributed by atoms with Gasteiger partial charge in [-0.1, -0.05) is 109 Å². The summed E-state index contributed by atoms with van der Waals surface area (Å²) in [7, 11) is 0. The van der Waals surface area contributed by atoms with E-state index >= 15 is 0 Å².